The van der Waals surface area contributed by atoms with E-state index in [1.165, 1.54) is 21.9 Å². The molecule has 2 aromatic carbocycles. The number of amides is 3. The molecule has 0 aromatic heterocycles. The number of hydrogen-bond donors (Lipinski definition) is 0. The summed E-state index contributed by atoms with van der Waals surface area (Å²) in [6, 6.07) is 15.2. The van der Waals surface area contributed by atoms with Gasteiger partial charge in [-0.3, -0.25) is 14.4 Å². The number of nitrogens with zero attached hydrogens (tertiary/aromatic N) is 4. The highest BCUT2D eigenvalue weighted by Gasteiger charge is 2.32. The van der Waals surface area contributed by atoms with E-state index in [1.54, 1.807) is 29.2 Å². The minimum Gasteiger partial charge on any atom is -0.339 e. The van der Waals surface area contributed by atoms with Gasteiger partial charge < -0.3 is 14.7 Å². The average molecular weight is 486 g/mol. The Morgan fingerprint density at radius 1 is 0.914 bits per heavy atom. The van der Waals surface area contributed by atoms with Gasteiger partial charge in [0.15, 0.2) is 0 Å². The van der Waals surface area contributed by atoms with Crippen molar-refractivity contribution < 1.29 is 27.6 Å². The number of benzene rings is 2. The Morgan fingerprint density at radius 2 is 1.57 bits per heavy atom. The van der Waals surface area contributed by atoms with Crippen molar-refractivity contribution in [1.82, 2.24) is 9.80 Å². The van der Waals surface area contributed by atoms with Crippen molar-refractivity contribution in [2.75, 3.05) is 37.6 Å². The molecule has 0 bridgehead atoms. The maximum Gasteiger partial charge on any atom is 0.416 e. The lowest BCUT2D eigenvalue weighted by Gasteiger charge is -2.35. The zero-order valence-electron chi connectivity index (χ0n) is 19.0. The highest BCUT2D eigenvalue weighted by molar-refractivity contribution is 5.96. The van der Waals surface area contributed by atoms with Crippen LogP contribution in [-0.2, 0) is 15.8 Å². The average Bonchev–Trinajstić information content (AvgIpc) is 2.87. The molecule has 0 radical (unpaired) electrons. The molecular weight excluding hydrogens is 461 g/mol. The van der Waals surface area contributed by atoms with Crippen LogP contribution >= 0.6 is 0 Å². The number of hydrogen-bond acceptors (Lipinski definition) is 4. The van der Waals surface area contributed by atoms with Crippen LogP contribution in [0.5, 0.6) is 0 Å². The van der Waals surface area contributed by atoms with Gasteiger partial charge in [-0.1, -0.05) is 24.3 Å². The SMILES string of the molecule is N#CCCN(C(=O)CCC(=O)N1CCN(C(=O)c2cccc(C(F)(F)F)c2)CC1)c1ccccc1. The molecular formula is C25H25F3N4O3. The first kappa shape index (κ1) is 25.7. The van der Waals surface area contributed by atoms with Gasteiger partial charge in [0.1, 0.15) is 0 Å². The third-order valence-corrected chi connectivity index (χ3v) is 5.73. The number of carbonyl (C=O) groups is 3. The Kier molecular flexibility index (Phi) is 8.47. The molecule has 1 aliphatic heterocycles. The van der Waals surface area contributed by atoms with Crippen LogP contribution in [0.2, 0.25) is 0 Å². The number of carbonyl (C=O) groups excluding carboxylic acids is 3. The van der Waals surface area contributed by atoms with E-state index < -0.39 is 17.6 Å². The van der Waals surface area contributed by atoms with Gasteiger partial charge >= 0.3 is 6.18 Å². The Labute approximate surface area is 201 Å². The first-order chi connectivity index (χ1) is 16.7. The van der Waals surface area contributed by atoms with E-state index in [-0.39, 0.29) is 69.4 Å². The van der Waals surface area contributed by atoms with Crippen molar-refractivity contribution >= 4 is 23.4 Å². The summed E-state index contributed by atoms with van der Waals surface area (Å²) in [5.41, 5.74) is -0.286. The molecule has 1 heterocycles. The van der Waals surface area contributed by atoms with Crippen LogP contribution in [0.4, 0.5) is 18.9 Å². The summed E-state index contributed by atoms with van der Waals surface area (Å²) in [4.78, 5) is 42.5. The standard InChI is InChI=1S/C25H25F3N4O3/c26-25(27,28)20-7-4-6-19(18-20)24(35)31-16-14-30(15-17-31)22(33)10-11-23(34)32(13-5-12-29)21-8-2-1-3-9-21/h1-4,6-9,18H,5,10-11,13-17H2. The lowest BCUT2D eigenvalue weighted by atomic mass is 10.1. The van der Waals surface area contributed by atoms with Gasteiger partial charge in [-0.15, -0.1) is 0 Å². The summed E-state index contributed by atoms with van der Waals surface area (Å²) in [5.74, 6) is -1.02. The van der Waals surface area contributed by atoms with Crippen LogP contribution in [0.25, 0.3) is 0 Å². The third kappa shape index (κ3) is 6.82. The third-order valence-electron chi connectivity index (χ3n) is 5.73. The molecule has 0 atom stereocenters. The molecule has 1 saturated heterocycles. The number of nitriles is 1. The summed E-state index contributed by atoms with van der Waals surface area (Å²) in [5, 5.41) is 8.89. The van der Waals surface area contributed by atoms with Crippen molar-refractivity contribution in [3.8, 4) is 6.07 Å². The molecule has 35 heavy (non-hydrogen) atoms. The zero-order chi connectivity index (χ0) is 25.4. The van der Waals surface area contributed by atoms with Crippen LogP contribution in [0.1, 0.15) is 35.2 Å². The normalized spacial score (nSPS) is 13.8. The fourth-order valence-corrected chi connectivity index (χ4v) is 3.84. The van der Waals surface area contributed by atoms with Gasteiger partial charge in [-0.05, 0) is 30.3 Å². The molecule has 0 unspecified atom stereocenters. The van der Waals surface area contributed by atoms with Crippen LogP contribution in [-0.4, -0.2) is 60.2 Å². The minimum absolute atomic E-state index is 0.0176. The van der Waals surface area contributed by atoms with Crippen molar-refractivity contribution in [3.05, 3.63) is 65.7 Å². The molecule has 0 N–H and O–H groups in total. The molecule has 0 spiro atoms. The van der Waals surface area contributed by atoms with E-state index in [1.807, 2.05) is 12.1 Å². The van der Waals surface area contributed by atoms with Gasteiger partial charge in [-0.2, -0.15) is 18.4 Å². The van der Waals surface area contributed by atoms with E-state index in [4.69, 9.17) is 5.26 Å². The fraction of sp³-hybridized carbons (Fsp3) is 0.360. The van der Waals surface area contributed by atoms with Crippen molar-refractivity contribution in [3.63, 3.8) is 0 Å². The van der Waals surface area contributed by atoms with Crippen molar-refractivity contribution in [2.45, 2.75) is 25.4 Å². The summed E-state index contributed by atoms with van der Waals surface area (Å²) < 4.78 is 38.8. The first-order valence-corrected chi connectivity index (χ1v) is 11.2. The molecule has 3 amide bonds. The number of anilines is 1. The van der Waals surface area contributed by atoms with E-state index in [0.29, 0.717) is 5.69 Å². The second-order valence-electron chi connectivity index (χ2n) is 8.04. The zero-order valence-corrected chi connectivity index (χ0v) is 19.0. The lowest BCUT2D eigenvalue weighted by molar-refractivity contribution is -0.137. The molecule has 184 valence electrons. The summed E-state index contributed by atoms with van der Waals surface area (Å²) >= 11 is 0. The number of para-hydroxylation sites is 1. The Hall–Kier alpha value is -3.87. The predicted molar refractivity (Wildman–Crippen MR) is 122 cm³/mol. The van der Waals surface area contributed by atoms with Gasteiger partial charge in [-0.25, -0.2) is 0 Å². The molecule has 0 saturated carbocycles. The molecule has 3 rings (SSSR count). The molecule has 10 heteroatoms. The molecule has 0 aliphatic carbocycles. The maximum absolute atomic E-state index is 12.9. The van der Waals surface area contributed by atoms with Crippen LogP contribution < -0.4 is 4.90 Å². The first-order valence-electron chi connectivity index (χ1n) is 11.2. The largest absolute Gasteiger partial charge is 0.416 e. The summed E-state index contributed by atoms with van der Waals surface area (Å²) in [6.45, 7) is 1.06. The summed E-state index contributed by atoms with van der Waals surface area (Å²) in [7, 11) is 0. The van der Waals surface area contributed by atoms with Crippen LogP contribution in [0.3, 0.4) is 0 Å². The lowest BCUT2D eigenvalue weighted by Crippen LogP contribution is -2.50. The van der Waals surface area contributed by atoms with E-state index in [9.17, 15) is 27.6 Å². The van der Waals surface area contributed by atoms with Crippen molar-refractivity contribution in [2.24, 2.45) is 0 Å². The van der Waals surface area contributed by atoms with Gasteiger partial charge in [0.2, 0.25) is 11.8 Å². The van der Waals surface area contributed by atoms with Crippen LogP contribution in [0.15, 0.2) is 54.6 Å². The molecule has 1 fully saturated rings. The van der Waals surface area contributed by atoms with E-state index in [0.717, 1.165) is 12.1 Å². The van der Waals surface area contributed by atoms with Crippen LogP contribution in [0, 0.1) is 11.3 Å². The second-order valence-corrected chi connectivity index (χ2v) is 8.04. The highest BCUT2D eigenvalue weighted by atomic mass is 19.4. The predicted octanol–water partition coefficient (Wildman–Crippen LogP) is 3.72. The summed E-state index contributed by atoms with van der Waals surface area (Å²) in [6.07, 6.45) is -4.42. The second kappa shape index (κ2) is 11.5. The van der Waals surface area contributed by atoms with Crippen molar-refractivity contribution in [1.29, 1.82) is 5.26 Å². The van der Waals surface area contributed by atoms with Gasteiger partial charge in [0, 0.05) is 56.8 Å². The van der Waals surface area contributed by atoms with Gasteiger partial charge in [0.05, 0.1) is 18.1 Å². The molecule has 2 aromatic rings. The smallest absolute Gasteiger partial charge is 0.339 e. The Bertz CT molecular complexity index is 1090. The number of piperazine rings is 1. The van der Waals surface area contributed by atoms with E-state index in [2.05, 4.69) is 0 Å². The Morgan fingerprint density at radius 3 is 2.20 bits per heavy atom. The number of rotatable bonds is 7. The van der Waals surface area contributed by atoms with E-state index >= 15 is 0 Å². The molecule has 1 aliphatic rings. The topological polar surface area (TPSA) is 84.7 Å². The fourth-order valence-electron chi connectivity index (χ4n) is 3.84. The highest BCUT2D eigenvalue weighted by Crippen LogP contribution is 2.29. The monoisotopic (exact) mass is 486 g/mol. The number of halogens is 3. The quantitative estimate of drug-likeness (QED) is 0.597. The Balaban J connectivity index is 1.52. The number of alkyl halides is 3. The minimum atomic E-state index is -4.54. The maximum atomic E-state index is 12.9. The molecule has 7 nitrogen and oxygen atoms in total. The van der Waals surface area contributed by atoms with Gasteiger partial charge in [0.25, 0.3) is 5.91 Å².